The van der Waals surface area contributed by atoms with Gasteiger partial charge in [0.2, 0.25) is 0 Å². The Hall–Kier alpha value is -3.05. The SMILES string of the molecule is C[C@@H](Sc1cc(Br)cnc1[N+](=O)[O-])c1cc(F)ccc1-c1nn(C)cc1Cc1cc(CC2CC2)n(C)n1. The van der Waals surface area contributed by atoms with Crippen molar-refractivity contribution in [2.45, 2.75) is 42.8 Å². The molecule has 0 unspecified atom stereocenters. The van der Waals surface area contributed by atoms with Crippen molar-refractivity contribution in [2.75, 3.05) is 0 Å². The van der Waals surface area contributed by atoms with Crippen molar-refractivity contribution in [1.29, 1.82) is 0 Å². The van der Waals surface area contributed by atoms with Crippen LogP contribution in [0.1, 0.15) is 47.5 Å². The maximum absolute atomic E-state index is 14.5. The highest BCUT2D eigenvalue weighted by Crippen LogP contribution is 2.43. The smallest absolute Gasteiger partial charge is 0.358 e. The van der Waals surface area contributed by atoms with E-state index in [-0.39, 0.29) is 16.9 Å². The average molecular weight is 586 g/mol. The predicted molar refractivity (Wildman–Crippen MR) is 144 cm³/mol. The fraction of sp³-hybridized carbons (Fsp3) is 0.346. The summed E-state index contributed by atoms with van der Waals surface area (Å²) in [5, 5.41) is 20.7. The Morgan fingerprint density at radius 2 is 2.03 bits per heavy atom. The van der Waals surface area contributed by atoms with Crippen LogP contribution < -0.4 is 0 Å². The number of thioether (sulfide) groups is 1. The van der Waals surface area contributed by atoms with Crippen LogP contribution in [0, 0.1) is 21.8 Å². The fourth-order valence-corrected chi connectivity index (χ4v) is 6.15. The van der Waals surface area contributed by atoms with Gasteiger partial charge in [0.15, 0.2) is 6.20 Å². The van der Waals surface area contributed by atoms with E-state index in [9.17, 15) is 14.5 Å². The molecule has 1 aliphatic rings. The van der Waals surface area contributed by atoms with Gasteiger partial charge in [0.1, 0.15) is 10.7 Å². The Bertz CT molecular complexity index is 1480. The molecule has 0 bridgehead atoms. The van der Waals surface area contributed by atoms with Gasteiger partial charge in [-0.3, -0.25) is 9.36 Å². The van der Waals surface area contributed by atoms with Crippen molar-refractivity contribution in [3.8, 4) is 11.3 Å². The quantitative estimate of drug-likeness (QED) is 0.128. The summed E-state index contributed by atoms with van der Waals surface area (Å²) in [4.78, 5) is 15.4. The van der Waals surface area contributed by atoms with Gasteiger partial charge in [-0.25, -0.2) is 4.39 Å². The maximum Gasteiger partial charge on any atom is 0.377 e. The van der Waals surface area contributed by atoms with Gasteiger partial charge in [-0.15, -0.1) is 11.8 Å². The van der Waals surface area contributed by atoms with Crippen LogP contribution in [0.4, 0.5) is 10.2 Å². The van der Waals surface area contributed by atoms with Crippen molar-refractivity contribution in [2.24, 2.45) is 20.0 Å². The number of hydrogen-bond acceptors (Lipinski definition) is 6. The van der Waals surface area contributed by atoms with Gasteiger partial charge in [-0.2, -0.15) is 10.2 Å². The zero-order valence-electron chi connectivity index (χ0n) is 20.7. The lowest BCUT2D eigenvalue weighted by atomic mass is 9.98. The van der Waals surface area contributed by atoms with Crippen molar-refractivity contribution in [1.82, 2.24) is 24.5 Å². The first kappa shape index (κ1) is 25.6. The highest BCUT2D eigenvalue weighted by molar-refractivity contribution is 9.10. The van der Waals surface area contributed by atoms with Gasteiger partial charge in [0.25, 0.3) is 0 Å². The molecule has 1 aromatic carbocycles. The molecule has 0 aliphatic heterocycles. The first-order chi connectivity index (χ1) is 17.7. The molecule has 0 saturated heterocycles. The summed E-state index contributed by atoms with van der Waals surface area (Å²) in [6, 6.07) is 8.47. The Kier molecular flexibility index (Phi) is 7.17. The zero-order valence-corrected chi connectivity index (χ0v) is 23.1. The highest BCUT2D eigenvalue weighted by Gasteiger charge is 2.25. The number of benzene rings is 1. The van der Waals surface area contributed by atoms with E-state index >= 15 is 0 Å². The first-order valence-corrected chi connectivity index (χ1v) is 13.7. The molecule has 4 aromatic rings. The van der Waals surface area contributed by atoms with E-state index in [1.807, 2.05) is 31.9 Å². The second-order valence-electron chi connectivity index (χ2n) is 9.48. The minimum absolute atomic E-state index is 0.228. The van der Waals surface area contributed by atoms with E-state index in [0.29, 0.717) is 21.4 Å². The molecule has 192 valence electrons. The number of pyridine rings is 1. The second-order valence-corrected chi connectivity index (χ2v) is 11.8. The summed E-state index contributed by atoms with van der Waals surface area (Å²) >= 11 is 4.61. The molecule has 1 saturated carbocycles. The minimum Gasteiger partial charge on any atom is -0.358 e. The zero-order chi connectivity index (χ0) is 26.3. The maximum atomic E-state index is 14.5. The third-order valence-electron chi connectivity index (χ3n) is 6.48. The largest absolute Gasteiger partial charge is 0.377 e. The number of nitrogens with zero attached hydrogens (tertiary/aromatic N) is 6. The van der Waals surface area contributed by atoms with Crippen LogP contribution in [0.5, 0.6) is 0 Å². The molecule has 37 heavy (non-hydrogen) atoms. The summed E-state index contributed by atoms with van der Waals surface area (Å²) in [7, 11) is 3.85. The van der Waals surface area contributed by atoms with Crippen molar-refractivity contribution < 1.29 is 9.31 Å². The van der Waals surface area contributed by atoms with E-state index in [4.69, 9.17) is 10.2 Å². The predicted octanol–water partition coefficient (Wildman–Crippen LogP) is 6.42. The second kappa shape index (κ2) is 10.4. The molecular formula is C26H26BrFN6O2S. The van der Waals surface area contributed by atoms with E-state index in [1.54, 1.807) is 16.8 Å². The van der Waals surface area contributed by atoms with Crippen LogP contribution in [-0.4, -0.2) is 29.5 Å². The third-order valence-corrected chi connectivity index (χ3v) is 8.08. The summed E-state index contributed by atoms with van der Waals surface area (Å²) in [6.45, 7) is 1.90. The normalized spacial score (nSPS) is 14.2. The summed E-state index contributed by atoms with van der Waals surface area (Å²) in [5.41, 5.74) is 5.43. The van der Waals surface area contributed by atoms with Gasteiger partial charge >= 0.3 is 5.82 Å². The standard InChI is InChI=1S/C26H26BrFN6O2S/c1-15(37-24-10-18(27)13-29-26(24)34(35)36)23-11-19(28)6-7-22(23)25-17(14-32(2)31-25)9-20-12-21(33(3)30-20)8-16-4-5-16/h6-7,10-16H,4-5,8-9H2,1-3H3/t15-/m1/s1. The number of halogens is 2. The molecule has 0 amide bonds. The topological polar surface area (TPSA) is 91.7 Å². The fourth-order valence-electron chi connectivity index (χ4n) is 4.53. The lowest BCUT2D eigenvalue weighted by Crippen LogP contribution is -2.00. The van der Waals surface area contributed by atoms with Gasteiger partial charge < -0.3 is 10.1 Å². The molecule has 1 fully saturated rings. The molecule has 3 aromatic heterocycles. The van der Waals surface area contributed by atoms with Gasteiger partial charge in [0, 0.05) is 48.8 Å². The summed E-state index contributed by atoms with van der Waals surface area (Å²) in [6.07, 6.45) is 7.59. The lowest BCUT2D eigenvalue weighted by Gasteiger charge is -2.16. The van der Waals surface area contributed by atoms with Crippen LogP contribution in [0.25, 0.3) is 11.3 Å². The Morgan fingerprint density at radius 3 is 2.76 bits per heavy atom. The third kappa shape index (κ3) is 5.77. The van der Waals surface area contributed by atoms with E-state index in [2.05, 4.69) is 27.0 Å². The summed E-state index contributed by atoms with van der Waals surface area (Å²) in [5.74, 6) is 0.169. The van der Waals surface area contributed by atoms with Gasteiger partial charge in [0.05, 0.1) is 15.9 Å². The molecule has 5 rings (SSSR count). The molecule has 1 aliphatic carbocycles. The number of rotatable bonds is 9. The van der Waals surface area contributed by atoms with Crippen molar-refractivity contribution in [3.05, 3.63) is 85.6 Å². The van der Waals surface area contributed by atoms with Gasteiger partial charge in [-0.05, 0) is 93.8 Å². The molecule has 8 nitrogen and oxygen atoms in total. The van der Waals surface area contributed by atoms with Crippen molar-refractivity contribution >= 4 is 33.5 Å². The van der Waals surface area contributed by atoms with Crippen LogP contribution >= 0.6 is 27.7 Å². The first-order valence-electron chi connectivity index (χ1n) is 12.0. The Balaban J connectivity index is 1.48. The monoisotopic (exact) mass is 584 g/mol. The molecule has 1 atom stereocenters. The van der Waals surface area contributed by atoms with Crippen LogP contribution in [0.15, 0.2) is 52.1 Å². The Labute approximate surface area is 226 Å². The van der Waals surface area contributed by atoms with Crippen LogP contribution in [0.3, 0.4) is 0 Å². The van der Waals surface area contributed by atoms with Crippen LogP contribution in [-0.2, 0) is 26.9 Å². The van der Waals surface area contributed by atoms with E-state index in [1.165, 1.54) is 48.6 Å². The summed E-state index contributed by atoms with van der Waals surface area (Å²) < 4.78 is 18.8. The number of aromatic nitrogens is 5. The molecule has 0 radical (unpaired) electrons. The van der Waals surface area contributed by atoms with E-state index < -0.39 is 4.92 Å². The molecule has 3 heterocycles. The Morgan fingerprint density at radius 1 is 1.24 bits per heavy atom. The minimum atomic E-state index is -0.505. The molecule has 11 heteroatoms. The van der Waals surface area contributed by atoms with E-state index in [0.717, 1.165) is 34.9 Å². The molecule has 0 N–H and O–H groups in total. The lowest BCUT2D eigenvalue weighted by molar-refractivity contribution is -0.392. The number of hydrogen-bond donors (Lipinski definition) is 0. The molecule has 0 spiro atoms. The number of aryl methyl sites for hydroxylation is 2. The molecular weight excluding hydrogens is 559 g/mol. The van der Waals surface area contributed by atoms with Gasteiger partial charge in [-0.1, -0.05) is 0 Å². The van der Waals surface area contributed by atoms with Crippen molar-refractivity contribution in [3.63, 3.8) is 0 Å². The van der Waals surface area contributed by atoms with Crippen LogP contribution in [0.2, 0.25) is 0 Å². The highest BCUT2D eigenvalue weighted by atomic mass is 79.9. The average Bonchev–Trinajstić information content (AvgIpc) is 3.49. The number of nitro groups is 1.